The van der Waals surface area contributed by atoms with Gasteiger partial charge in [0.25, 0.3) is 0 Å². The fraction of sp³-hybridized carbons (Fsp3) is 0.222. The standard InChI is InChI=1S/C9H10N2S2/c1-6-4-12-5-8(6)9-11-3-7(2-10)13-9/h3-5H,2,10H2,1H3. The summed E-state index contributed by atoms with van der Waals surface area (Å²) < 4.78 is 0. The Morgan fingerprint density at radius 2 is 2.31 bits per heavy atom. The fourth-order valence-corrected chi connectivity index (χ4v) is 2.89. The van der Waals surface area contributed by atoms with Crippen LogP contribution in [0.1, 0.15) is 10.4 Å². The van der Waals surface area contributed by atoms with E-state index < -0.39 is 0 Å². The molecule has 2 N–H and O–H groups in total. The van der Waals surface area contributed by atoms with Gasteiger partial charge in [0, 0.05) is 28.6 Å². The number of aromatic nitrogens is 1. The van der Waals surface area contributed by atoms with E-state index in [1.807, 2.05) is 6.20 Å². The van der Waals surface area contributed by atoms with Gasteiger partial charge in [0.1, 0.15) is 5.01 Å². The first-order valence-electron chi connectivity index (χ1n) is 3.99. The van der Waals surface area contributed by atoms with Crippen LogP contribution in [0.15, 0.2) is 17.0 Å². The number of hydrogen-bond donors (Lipinski definition) is 1. The van der Waals surface area contributed by atoms with Crippen molar-refractivity contribution in [3.05, 3.63) is 27.4 Å². The summed E-state index contributed by atoms with van der Waals surface area (Å²) >= 11 is 3.39. The molecule has 0 aromatic carbocycles. The van der Waals surface area contributed by atoms with Gasteiger partial charge >= 0.3 is 0 Å². The van der Waals surface area contributed by atoms with Crippen molar-refractivity contribution >= 4 is 22.7 Å². The third-order valence-electron chi connectivity index (χ3n) is 1.84. The summed E-state index contributed by atoms with van der Waals surface area (Å²) in [5, 5.41) is 5.35. The Labute approximate surface area is 85.1 Å². The lowest BCUT2D eigenvalue weighted by Crippen LogP contribution is -1.91. The van der Waals surface area contributed by atoms with E-state index in [1.54, 1.807) is 22.7 Å². The highest BCUT2D eigenvalue weighted by atomic mass is 32.1. The van der Waals surface area contributed by atoms with E-state index in [-0.39, 0.29) is 0 Å². The van der Waals surface area contributed by atoms with Crippen LogP contribution >= 0.6 is 22.7 Å². The molecule has 2 rings (SSSR count). The van der Waals surface area contributed by atoms with E-state index in [2.05, 4.69) is 22.7 Å². The molecule has 0 saturated carbocycles. The SMILES string of the molecule is Cc1cscc1-c1ncc(CN)s1. The summed E-state index contributed by atoms with van der Waals surface area (Å²) in [5.41, 5.74) is 8.07. The van der Waals surface area contributed by atoms with Crippen molar-refractivity contribution in [2.75, 3.05) is 0 Å². The molecule has 0 atom stereocenters. The van der Waals surface area contributed by atoms with Crippen LogP contribution < -0.4 is 5.73 Å². The topological polar surface area (TPSA) is 38.9 Å². The van der Waals surface area contributed by atoms with Gasteiger partial charge in [-0.3, -0.25) is 0 Å². The molecular weight excluding hydrogens is 200 g/mol. The molecule has 0 radical (unpaired) electrons. The Morgan fingerprint density at radius 1 is 1.46 bits per heavy atom. The molecule has 2 aromatic rings. The Hall–Kier alpha value is -0.710. The van der Waals surface area contributed by atoms with Crippen LogP contribution in [0.25, 0.3) is 10.6 Å². The Balaban J connectivity index is 2.41. The van der Waals surface area contributed by atoms with Crippen molar-refractivity contribution in [2.45, 2.75) is 13.5 Å². The van der Waals surface area contributed by atoms with E-state index in [0.717, 1.165) is 9.88 Å². The van der Waals surface area contributed by atoms with E-state index >= 15 is 0 Å². The molecule has 2 nitrogen and oxygen atoms in total. The van der Waals surface area contributed by atoms with Crippen LogP contribution in [-0.4, -0.2) is 4.98 Å². The highest BCUT2D eigenvalue weighted by Crippen LogP contribution is 2.29. The fourth-order valence-electron chi connectivity index (χ4n) is 1.11. The summed E-state index contributed by atoms with van der Waals surface area (Å²) in [5.74, 6) is 0. The highest BCUT2D eigenvalue weighted by Gasteiger charge is 2.06. The Bertz CT molecular complexity index is 403. The van der Waals surface area contributed by atoms with E-state index in [4.69, 9.17) is 5.73 Å². The average Bonchev–Trinajstić information content (AvgIpc) is 2.71. The maximum Gasteiger partial charge on any atom is 0.124 e. The quantitative estimate of drug-likeness (QED) is 0.827. The molecule has 2 heterocycles. The highest BCUT2D eigenvalue weighted by molar-refractivity contribution is 7.15. The first kappa shape index (κ1) is 8.87. The lowest BCUT2D eigenvalue weighted by atomic mass is 10.2. The van der Waals surface area contributed by atoms with Crippen LogP contribution in [0.4, 0.5) is 0 Å². The normalized spacial score (nSPS) is 10.6. The maximum absolute atomic E-state index is 5.53. The molecule has 68 valence electrons. The predicted molar refractivity (Wildman–Crippen MR) is 58.1 cm³/mol. The van der Waals surface area contributed by atoms with Gasteiger partial charge in [0.2, 0.25) is 0 Å². The molecule has 0 unspecified atom stereocenters. The molecule has 0 aliphatic carbocycles. The Morgan fingerprint density at radius 3 is 2.85 bits per heavy atom. The van der Waals surface area contributed by atoms with Gasteiger partial charge in [-0.1, -0.05) is 0 Å². The van der Waals surface area contributed by atoms with Gasteiger partial charge < -0.3 is 5.73 Å². The van der Waals surface area contributed by atoms with E-state index in [9.17, 15) is 0 Å². The van der Waals surface area contributed by atoms with E-state index in [1.165, 1.54) is 11.1 Å². The summed E-state index contributed by atoms with van der Waals surface area (Å²) in [7, 11) is 0. The van der Waals surface area contributed by atoms with Crippen molar-refractivity contribution < 1.29 is 0 Å². The van der Waals surface area contributed by atoms with Crippen molar-refractivity contribution in [3.8, 4) is 10.6 Å². The second-order valence-electron chi connectivity index (χ2n) is 2.80. The van der Waals surface area contributed by atoms with Gasteiger partial charge in [0.05, 0.1) is 0 Å². The molecule has 4 heteroatoms. The second kappa shape index (κ2) is 3.57. The van der Waals surface area contributed by atoms with E-state index in [0.29, 0.717) is 6.54 Å². The van der Waals surface area contributed by atoms with Gasteiger partial charge in [0.15, 0.2) is 0 Å². The second-order valence-corrected chi connectivity index (χ2v) is 4.66. The average molecular weight is 210 g/mol. The molecular formula is C9H10N2S2. The van der Waals surface area contributed by atoms with Crippen molar-refractivity contribution in [1.82, 2.24) is 4.98 Å². The van der Waals surface area contributed by atoms with Crippen molar-refractivity contribution in [3.63, 3.8) is 0 Å². The molecule has 0 fully saturated rings. The minimum Gasteiger partial charge on any atom is -0.326 e. The lowest BCUT2D eigenvalue weighted by Gasteiger charge is -1.91. The molecule has 0 aliphatic heterocycles. The summed E-state index contributed by atoms with van der Waals surface area (Å²) in [6.45, 7) is 2.69. The third kappa shape index (κ3) is 1.65. The van der Waals surface area contributed by atoms with Crippen molar-refractivity contribution in [2.24, 2.45) is 5.73 Å². The minimum atomic E-state index is 0.584. The number of nitrogens with zero attached hydrogens (tertiary/aromatic N) is 1. The number of nitrogens with two attached hydrogens (primary N) is 1. The molecule has 0 aliphatic rings. The van der Waals surface area contributed by atoms with Crippen LogP contribution in [0.3, 0.4) is 0 Å². The summed E-state index contributed by atoms with van der Waals surface area (Å²) in [6, 6.07) is 0. The van der Waals surface area contributed by atoms with Gasteiger partial charge in [-0.2, -0.15) is 11.3 Å². The maximum atomic E-state index is 5.53. The number of hydrogen-bond acceptors (Lipinski definition) is 4. The molecule has 0 saturated heterocycles. The summed E-state index contributed by atoms with van der Waals surface area (Å²) in [4.78, 5) is 5.47. The van der Waals surface area contributed by atoms with Crippen LogP contribution in [-0.2, 0) is 6.54 Å². The van der Waals surface area contributed by atoms with Crippen LogP contribution in [0.5, 0.6) is 0 Å². The zero-order chi connectivity index (χ0) is 9.26. The molecule has 0 spiro atoms. The predicted octanol–water partition coefficient (Wildman–Crippen LogP) is 2.64. The van der Waals surface area contributed by atoms with Gasteiger partial charge in [-0.05, 0) is 17.9 Å². The monoisotopic (exact) mass is 210 g/mol. The summed E-state index contributed by atoms with van der Waals surface area (Å²) in [6.07, 6.45) is 1.86. The van der Waals surface area contributed by atoms with Crippen LogP contribution in [0.2, 0.25) is 0 Å². The number of aryl methyl sites for hydroxylation is 1. The first-order valence-corrected chi connectivity index (χ1v) is 5.75. The largest absolute Gasteiger partial charge is 0.326 e. The minimum absolute atomic E-state index is 0.584. The number of thiazole rings is 1. The van der Waals surface area contributed by atoms with Gasteiger partial charge in [-0.15, -0.1) is 11.3 Å². The first-order chi connectivity index (χ1) is 6.31. The molecule has 2 aromatic heterocycles. The third-order valence-corrected chi connectivity index (χ3v) is 3.76. The molecule has 13 heavy (non-hydrogen) atoms. The zero-order valence-corrected chi connectivity index (χ0v) is 8.91. The lowest BCUT2D eigenvalue weighted by molar-refractivity contribution is 1.10. The number of rotatable bonds is 2. The number of thiophene rings is 1. The Kier molecular flexibility index (Phi) is 2.44. The smallest absolute Gasteiger partial charge is 0.124 e. The van der Waals surface area contributed by atoms with Gasteiger partial charge in [-0.25, -0.2) is 4.98 Å². The van der Waals surface area contributed by atoms with Crippen LogP contribution in [0, 0.1) is 6.92 Å². The van der Waals surface area contributed by atoms with Crippen molar-refractivity contribution in [1.29, 1.82) is 0 Å². The molecule has 0 bridgehead atoms. The zero-order valence-electron chi connectivity index (χ0n) is 7.28. The molecule has 0 amide bonds.